The van der Waals surface area contributed by atoms with Crippen molar-refractivity contribution in [3.8, 4) is 5.69 Å². The van der Waals surface area contributed by atoms with Crippen LogP contribution in [0, 0.1) is 0 Å². The fraction of sp³-hybridized carbons (Fsp3) is 0.438. The number of benzene rings is 1. The predicted octanol–water partition coefficient (Wildman–Crippen LogP) is 3.16. The highest BCUT2D eigenvalue weighted by atomic mass is 15.1. The van der Waals surface area contributed by atoms with E-state index < -0.39 is 0 Å². The molecule has 0 bridgehead atoms. The molecule has 0 unspecified atom stereocenters. The monoisotopic (exact) mass is 255 g/mol. The van der Waals surface area contributed by atoms with Gasteiger partial charge in [0.05, 0.1) is 12.0 Å². The molecule has 3 heteroatoms. The molecule has 0 saturated carbocycles. The summed E-state index contributed by atoms with van der Waals surface area (Å²) >= 11 is 0. The fourth-order valence-electron chi connectivity index (χ4n) is 2.81. The lowest BCUT2D eigenvalue weighted by atomic mass is 10.0. The van der Waals surface area contributed by atoms with Crippen molar-refractivity contribution in [2.75, 3.05) is 0 Å². The van der Waals surface area contributed by atoms with E-state index in [0.717, 1.165) is 19.3 Å². The molecule has 1 aliphatic carbocycles. The van der Waals surface area contributed by atoms with Crippen LogP contribution in [-0.4, -0.2) is 9.55 Å². The molecule has 3 rings (SSSR count). The van der Waals surface area contributed by atoms with Crippen molar-refractivity contribution in [1.82, 2.24) is 9.55 Å². The highest BCUT2D eigenvalue weighted by Gasteiger charge is 2.16. The molecule has 0 saturated heterocycles. The molecule has 0 spiro atoms. The second kappa shape index (κ2) is 5.17. The zero-order valence-electron chi connectivity index (χ0n) is 11.5. The maximum absolute atomic E-state index is 6.05. The fourth-order valence-corrected chi connectivity index (χ4v) is 2.81. The lowest BCUT2D eigenvalue weighted by Gasteiger charge is -2.15. The predicted molar refractivity (Wildman–Crippen MR) is 77.4 cm³/mol. The van der Waals surface area contributed by atoms with Gasteiger partial charge in [0.25, 0.3) is 0 Å². The Bertz CT molecular complexity index is 554. The van der Waals surface area contributed by atoms with E-state index in [2.05, 4.69) is 40.7 Å². The summed E-state index contributed by atoms with van der Waals surface area (Å²) in [5, 5.41) is 0. The van der Waals surface area contributed by atoms with Gasteiger partial charge in [0, 0.05) is 17.4 Å². The second-order valence-electron chi connectivity index (χ2n) is 5.32. The zero-order chi connectivity index (χ0) is 13.2. The molecule has 0 radical (unpaired) electrons. The first-order valence-corrected chi connectivity index (χ1v) is 7.20. The number of nitrogens with zero attached hydrogens (tertiary/aromatic N) is 2. The minimum absolute atomic E-state index is 0.144. The summed E-state index contributed by atoms with van der Waals surface area (Å²) in [6.07, 6.45) is 7.75. The van der Waals surface area contributed by atoms with Crippen LogP contribution in [0.3, 0.4) is 0 Å². The van der Waals surface area contributed by atoms with Crippen molar-refractivity contribution in [1.29, 1.82) is 0 Å². The molecule has 19 heavy (non-hydrogen) atoms. The molecular formula is C16H21N3. The third-order valence-electron chi connectivity index (χ3n) is 4.07. The van der Waals surface area contributed by atoms with Crippen LogP contribution in [0.5, 0.6) is 0 Å². The van der Waals surface area contributed by atoms with Gasteiger partial charge < -0.3 is 10.3 Å². The second-order valence-corrected chi connectivity index (χ2v) is 5.32. The quantitative estimate of drug-likeness (QED) is 0.915. The first-order valence-electron chi connectivity index (χ1n) is 7.20. The summed E-state index contributed by atoms with van der Waals surface area (Å²) in [5.74, 6) is 0. The van der Waals surface area contributed by atoms with Crippen molar-refractivity contribution < 1.29 is 0 Å². The van der Waals surface area contributed by atoms with Gasteiger partial charge in [-0.1, -0.05) is 19.1 Å². The number of aromatic nitrogens is 2. The summed E-state index contributed by atoms with van der Waals surface area (Å²) in [6, 6.07) is 8.73. The van der Waals surface area contributed by atoms with Gasteiger partial charge in [0.15, 0.2) is 0 Å². The van der Waals surface area contributed by atoms with Crippen molar-refractivity contribution in [2.24, 2.45) is 5.73 Å². The number of imidazole rings is 1. The number of hydrogen-bond donors (Lipinski definition) is 1. The Morgan fingerprint density at radius 3 is 2.68 bits per heavy atom. The van der Waals surface area contributed by atoms with Crippen LogP contribution in [0.1, 0.15) is 49.2 Å². The molecule has 100 valence electrons. The molecule has 3 nitrogen and oxygen atoms in total. The zero-order valence-corrected chi connectivity index (χ0v) is 11.5. The maximum Gasteiger partial charge on any atom is 0.0997 e. The van der Waals surface area contributed by atoms with Crippen LogP contribution in [-0.2, 0) is 12.8 Å². The molecule has 1 aromatic carbocycles. The highest BCUT2D eigenvalue weighted by molar-refractivity contribution is 5.39. The lowest BCUT2D eigenvalue weighted by Crippen LogP contribution is -2.09. The summed E-state index contributed by atoms with van der Waals surface area (Å²) in [6.45, 7) is 2.12. The van der Waals surface area contributed by atoms with Gasteiger partial charge in [-0.15, -0.1) is 0 Å². The van der Waals surface area contributed by atoms with Crippen LogP contribution in [0.15, 0.2) is 30.6 Å². The number of rotatable bonds is 3. The topological polar surface area (TPSA) is 43.8 Å². The highest BCUT2D eigenvalue weighted by Crippen LogP contribution is 2.24. The van der Waals surface area contributed by atoms with Crippen LogP contribution >= 0.6 is 0 Å². The Kier molecular flexibility index (Phi) is 3.38. The molecular weight excluding hydrogens is 234 g/mol. The van der Waals surface area contributed by atoms with E-state index in [1.54, 1.807) is 0 Å². The first-order chi connectivity index (χ1) is 9.29. The molecule has 1 heterocycles. The van der Waals surface area contributed by atoms with Crippen LogP contribution in [0.4, 0.5) is 0 Å². The molecule has 0 amide bonds. The Morgan fingerprint density at radius 2 is 1.95 bits per heavy atom. The molecule has 2 aromatic rings. The van der Waals surface area contributed by atoms with Crippen molar-refractivity contribution in [3.05, 3.63) is 47.5 Å². The third kappa shape index (κ3) is 2.30. The number of fused-ring (bicyclic) bond motifs is 1. The van der Waals surface area contributed by atoms with Crippen LogP contribution < -0.4 is 5.73 Å². The Morgan fingerprint density at radius 1 is 1.21 bits per heavy atom. The Hall–Kier alpha value is -1.61. The summed E-state index contributed by atoms with van der Waals surface area (Å²) < 4.78 is 2.23. The minimum Gasteiger partial charge on any atom is -0.324 e. The van der Waals surface area contributed by atoms with E-state index in [4.69, 9.17) is 5.73 Å². The van der Waals surface area contributed by atoms with Crippen LogP contribution in [0.2, 0.25) is 0 Å². The third-order valence-corrected chi connectivity index (χ3v) is 4.07. The summed E-state index contributed by atoms with van der Waals surface area (Å²) in [5.41, 5.74) is 11.1. The van der Waals surface area contributed by atoms with Crippen molar-refractivity contribution >= 4 is 0 Å². The molecule has 1 aliphatic rings. The summed E-state index contributed by atoms with van der Waals surface area (Å²) in [4.78, 5) is 4.55. The van der Waals surface area contributed by atoms with Crippen LogP contribution in [0.25, 0.3) is 5.69 Å². The van der Waals surface area contributed by atoms with Gasteiger partial charge in [-0.05, 0) is 49.8 Å². The van der Waals surface area contributed by atoms with Crippen molar-refractivity contribution in [3.63, 3.8) is 0 Å². The maximum atomic E-state index is 6.05. The van der Waals surface area contributed by atoms with E-state index in [0.29, 0.717) is 0 Å². The summed E-state index contributed by atoms with van der Waals surface area (Å²) in [7, 11) is 0. The lowest BCUT2D eigenvalue weighted by molar-refractivity contribution is 0.655. The molecule has 0 aliphatic heterocycles. The Labute approximate surface area is 114 Å². The van der Waals surface area contributed by atoms with E-state index in [-0.39, 0.29) is 6.04 Å². The normalized spacial score (nSPS) is 16.1. The molecule has 1 atom stereocenters. The van der Waals surface area contributed by atoms with E-state index in [9.17, 15) is 0 Å². The molecule has 1 aromatic heterocycles. The number of aryl methyl sites for hydroxylation is 1. The molecule has 0 fully saturated rings. The Balaban J connectivity index is 1.92. The van der Waals surface area contributed by atoms with E-state index >= 15 is 0 Å². The van der Waals surface area contributed by atoms with Gasteiger partial charge in [0.2, 0.25) is 0 Å². The number of hydrogen-bond acceptors (Lipinski definition) is 2. The van der Waals surface area contributed by atoms with Gasteiger partial charge >= 0.3 is 0 Å². The standard InChI is InChI=1S/C16H21N3/c1-2-14(17)12-7-9-13(10-8-12)19-11-18-15-5-3-4-6-16(15)19/h7-11,14H,2-6,17H2,1H3/t14-/m0/s1. The minimum atomic E-state index is 0.144. The smallest absolute Gasteiger partial charge is 0.0997 e. The molecule has 2 N–H and O–H groups in total. The SMILES string of the molecule is CC[C@H](N)c1ccc(-n2cnc3c2CCCC3)cc1. The van der Waals surface area contributed by atoms with Crippen molar-refractivity contribution in [2.45, 2.75) is 45.1 Å². The van der Waals surface area contributed by atoms with E-state index in [1.807, 2.05) is 6.33 Å². The first kappa shape index (κ1) is 12.4. The van der Waals surface area contributed by atoms with Gasteiger partial charge in [-0.3, -0.25) is 0 Å². The van der Waals surface area contributed by atoms with Gasteiger partial charge in [-0.25, -0.2) is 4.98 Å². The average Bonchev–Trinajstić information content (AvgIpc) is 2.90. The van der Waals surface area contributed by atoms with E-state index in [1.165, 1.54) is 35.5 Å². The van der Waals surface area contributed by atoms with Gasteiger partial charge in [0.1, 0.15) is 0 Å². The number of nitrogens with two attached hydrogens (primary N) is 1. The average molecular weight is 255 g/mol. The van der Waals surface area contributed by atoms with Gasteiger partial charge in [-0.2, -0.15) is 0 Å². The largest absolute Gasteiger partial charge is 0.324 e.